The van der Waals surface area contributed by atoms with Crippen LogP contribution >= 0.6 is 11.6 Å². The summed E-state index contributed by atoms with van der Waals surface area (Å²) in [5, 5.41) is 3.68. The number of carbonyl (C=O) groups excluding carboxylic acids is 1. The van der Waals surface area contributed by atoms with E-state index in [2.05, 4.69) is 31.3 Å². The van der Waals surface area contributed by atoms with E-state index in [1.54, 1.807) is 0 Å². The van der Waals surface area contributed by atoms with Gasteiger partial charge in [0, 0.05) is 16.6 Å². The normalized spacial score (nSPS) is 22.2. The monoisotopic (exact) mass is 313 g/mol. The zero-order valence-electron chi connectivity index (χ0n) is 13.1. The maximum atomic E-state index is 12.7. The lowest BCUT2D eigenvalue weighted by Gasteiger charge is -2.09. The van der Waals surface area contributed by atoms with E-state index in [0.29, 0.717) is 5.02 Å². The Labute approximate surface area is 136 Å². The third kappa shape index (κ3) is 2.64. The van der Waals surface area contributed by atoms with Crippen LogP contribution in [0.15, 0.2) is 48.5 Å². The van der Waals surface area contributed by atoms with Crippen molar-refractivity contribution in [3.63, 3.8) is 0 Å². The number of anilines is 1. The first kappa shape index (κ1) is 15.1. The van der Waals surface area contributed by atoms with Gasteiger partial charge in [-0.25, -0.2) is 0 Å². The molecule has 1 aliphatic rings. The molecule has 0 aromatic heterocycles. The third-order valence-corrected chi connectivity index (χ3v) is 4.96. The van der Waals surface area contributed by atoms with Crippen molar-refractivity contribution >= 4 is 23.2 Å². The molecule has 0 heterocycles. The van der Waals surface area contributed by atoms with Crippen molar-refractivity contribution in [1.82, 2.24) is 0 Å². The Bertz CT molecular complexity index is 709. The molecule has 2 atom stereocenters. The topological polar surface area (TPSA) is 29.1 Å². The van der Waals surface area contributed by atoms with Gasteiger partial charge in [0.05, 0.1) is 5.92 Å². The van der Waals surface area contributed by atoms with Crippen molar-refractivity contribution in [3.05, 3.63) is 64.7 Å². The maximum Gasteiger partial charge on any atom is 0.228 e. The summed E-state index contributed by atoms with van der Waals surface area (Å²) < 4.78 is 0. The molecule has 1 amide bonds. The summed E-state index contributed by atoms with van der Waals surface area (Å²) in [5.74, 6) is 0.339. The summed E-state index contributed by atoms with van der Waals surface area (Å²) in [5.41, 5.74) is 3.03. The highest BCUT2D eigenvalue weighted by Gasteiger charge is 2.62. The Morgan fingerprint density at radius 3 is 2.50 bits per heavy atom. The predicted octanol–water partition coefficient (Wildman–Crippen LogP) is 5.03. The Morgan fingerprint density at radius 2 is 1.82 bits per heavy atom. The fourth-order valence-electron chi connectivity index (χ4n) is 3.35. The summed E-state index contributed by atoms with van der Waals surface area (Å²) in [7, 11) is 0. The van der Waals surface area contributed by atoms with E-state index in [1.807, 2.05) is 43.3 Å². The largest absolute Gasteiger partial charge is 0.326 e. The van der Waals surface area contributed by atoms with E-state index in [9.17, 15) is 4.79 Å². The molecular weight excluding hydrogens is 294 g/mol. The van der Waals surface area contributed by atoms with Gasteiger partial charge in [0.1, 0.15) is 0 Å². The van der Waals surface area contributed by atoms with Crippen LogP contribution in [0.3, 0.4) is 0 Å². The number of rotatable bonds is 3. The Morgan fingerprint density at radius 1 is 1.14 bits per heavy atom. The Hall–Kier alpha value is -1.80. The highest BCUT2D eigenvalue weighted by atomic mass is 35.5. The molecule has 2 nitrogen and oxygen atoms in total. The molecule has 0 radical (unpaired) electrons. The van der Waals surface area contributed by atoms with Gasteiger partial charge in [0.2, 0.25) is 5.91 Å². The van der Waals surface area contributed by atoms with Gasteiger partial charge in [-0.1, -0.05) is 61.8 Å². The first-order valence-electron chi connectivity index (χ1n) is 7.53. The summed E-state index contributed by atoms with van der Waals surface area (Å²) in [6.07, 6.45) is 0. The van der Waals surface area contributed by atoms with Crippen molar-refractivity contribution < 1.29 is 4.79 Å². The Kier molecular flexibility index (Phi) is 3.73. The predicted molar refractivity (Wildman–Crippen MR) is 91.3 cm³/mol. The van der Waals surface area contributed by atoms with Gasteiger partial charge in [0.25, 0.3) is 0 Å². The average Bonchev–Trinajstić information content (AvgIpc) is 3.06. The summed E-state index contributed by atoms with van der Waals surface area (Å²) in [6, 6.07) is 15.8. The van der Waals surface area contributed by atoms with Gasteiger partial charge < -0.3 is 5.32 Å². The molecule has 1 fully saturated rings. The minimum absolute atomic E-state index is 0.00622. The molecule has 0 unspecified atom stereocenters. The lowest BCUT2D eigenvalue weighted by Crippen LogP contribution is -2.17. The van der Waals surface area contributed by atoms with Gasteiger partial charge in [0.15, 0.2) is 0 Å². The van der Waals surface area contributed by atoms with Gasteiger partial charge in [-0.2, -0.15) is 0 Å². The molecule has 1 saturated carbocycles. The molecule has 1 aliphatic carbocycles. The smallest absolute Gasteiger partial charge is 0.228 e. The minimum Gasteiger partial charge on any atom is -0.326 e. The molecule has 0 spiro atoms. The van der Waals surface area contributed by atoms with E-state index < -0.39 is 0 Å². The molecule has 2 aromatic rings. The quantitative estimate of drug-likeness (QED) is 0.846. The average molecular weight is 314 g/mol. The van der Waals surface area contributed by atoms with E-state index in [1.165, 1.54) is 5.56 Å². The highest BCUT2D eigenvalue weighted by Crippen LogP contribution is 2.64. The molecule has 1 N–H and O–H groups in total. The number of aryl methyl sites for hydroxylation is 1. The SMILES string of the molecule is Cc1ccc(Cl)cc1NC(=O)[C@@H]1[C@@H](c2ccccc2)C1(C)C. The van der Waals surface area contributed by atoms with Crippen LogP contribution in [0, 0.1) is 18.3 Å². The summed E-state index contributed by atoms with van der Waals surface area (Å²) in [6.45, 7) is 6.28. The lowest BCUT2D eigenvalue weighted by atomic mass is 10.0. The molecular formula is C19H20ClNO. The van der Waals surface area contributed by atoms with E-state index in [4.69, 9.17) is 11.6 Å². The van der Waals surface area contributed by atoms with Gasteiger partial charge in [-0.05, 0) is 35.6 Å². The fraction of sp³-hybridized carbons (Fsp3) is 0.316. The number of halogens is 1. The van der Waals surface area contributed by atoms with Crippen molar-refractivity contribution in [1.29, 1.82) is 0 Å². The van der Waals surface area contributed by atoms with Crippen LogP contribution in [0.4, 0.5) is 5.69 Å². The Balaban J connectivity index is 1.80. The third-order valence-electron chi connectivity index (χ3n) is 4.73. The number of nitrogens with one attached hydrogen (secondary N) is 1. The summed E-state index contributed by atoms with van der Waals surface area (Å²) in [4.78, 5) is 12.7. The van der Waals surface area contributed by atoms with E-state index in [0.717, 1.165) is 11.3 Å². The number of benzene rings is 2. The molecule has 2 aromatic carbocycles. The van der Waals surface area contributed by atoms with E-state index in [-0.39, 0.29) is 23.2 Å². The lowest BCUT2D eigenvalue weighted by molar-refractivity contribution is -0.118. The first-order valence-corrected chi connectivity index (χ1v) is 7.91. The number of hydrogen-bond acceptors (Lipinski definition) is 1. The van der Waals surface area contributed by atoms with E-state index >= 15 is 0 Å². The first-order chi connectivity index (χ1) is 10.4. The second-order valence-electron chi connectivity index (χ2n) is 6.64. The van der Waals surface area contributed by atoms with Crippen molar-refractivity contribution in [3.8, 4) is 0 Å². The molecule has 3 rings (SSSR count). The van der Waals surface area contributed by atoms with Crippen molar-refractivity contribution in [2.45, 2.75) is 26.7 Å². The number of carbonyl (C=O) groups is 1. The zero-order chi connectivity index (χ0) is 15.9. The van der Waals surface area contributed by atoms with Gasteiger partial charge in [-0.3, -0.25) is 4.79 Å². The van der Waals surface area contributed by atoms with Gasteiger partial charge >= 0.3 is 0 Å². The van der Waals surface area contributed by atoms with Crippen LogP contribution in [0.25, 0.3) is 0 Å². The standard InChI is InChI=1S/C19H20ClNO/c1-12-9-10-14(20)11-15(12)21-18(22)17-16(19(17,2)3)13-7-5-4-6-8-13/h4-11,16-17H,1-3H3,(H,21,22)/t16-,17+/m1/s1. The van der Waals surface area contributed by atoms with Crippen molar-refractivity contribution in [2.75, 3.05) is 5.32 Å². The van der Waals surface area contributed by atoms with Crippen LogP contribution in [0.2, 0.25) is 5.02 Å². The second-order valence-corrected chi connectivity index (χ2v) is 7.07. The van der Waals surface area contributed by atoms with Crippen LogP contribution in [-0.2, 0) is 4.79 Å². The van der Waals surface area contributed by atoms with Crippen LogP contribution in [0.1, 0.15) is 30.9 Å². The summed E-state index contributed by atoms with van der Waals surface area (Å²) >= 11 is 6.02. The van der Waals surface area contributed by atoms with Crippen molar-refractivity contribution in [2.24, 2.45) is 11.3 Å². The zero-order valence-corrected chi connectivity index (χ0v) is 13.8. The molecule has 114 valence electrons. The minimum atomic E-state index is -0.0160. The molecule has 0 aliphatic heterocycles. The molecule has 22 heavy (non-hydrogen) atoms. The number of hydrogen-bond donors (Lipinski definition) is 1. The van der Waals surface area contributed by atoms with Crippen LogP contribution < -0.4 is 5.32 Å². The fourth-order valence-corrected chi connectivity index (χ4v) is 3.52. The molecule has 3 heteroatoms. The maximum absolute atomic E-state index is 12.7. The number of amides is 1. The van der Waals surface area contributed by atoms with Crippen LogP contribution in [-0.4, -0.2) is 5.91 Å². The molecule has 0 saturated heterocycles. The van der Waals surface area contributed by atoms with Gasteiger partial charge in [-0.15, -0.1) is 0 Å². The molecule has 0 bridgehead atoms. The second kappa shape index (κ2) is 5.44. The highest BCUT2D eigenvalue weighted by molar-refractivity contribution is 6.31. The van der Waals surface area contributed by atoms with Crippen LogP contribution in [0.5, 0.6) is 0 Å².